The Kier molecular flexibility index (Phi) is 7.40. The number of carbonyl (C=O) groups is 1. The Morgan fingerprint density at radius 1 is 1.03 bits per heavy atom. The first-order valence-electron chi connectivity index (χ1n) is 9.39. The number of halogens is 5. The van der Waals surface area contributed by atoms with Gasteiger partial charge in [0.25, 0.3) is 10.0 Å². The smallest absolute Gasteiger partial charge is 0.325 e. The van der Waals surface area contributed by atoms with Gasteiger partial charge in [-0.2, -0.15) is 13.2 Å². The summed E-state index contributed by atoms with van der Waals surface area (Å²) in [7, 11) is -4.39. The Labute approximate surface area is 202 Å². The van der Waals surface area contributed by atoms with Crippen molar-refractivity contribution in [1.82, 2.24) is 0 Å². The lowest BCUT2D eigenvalue weighted by Gasteiger charge is -2.25. The third-order valence-electron chi connectivity index (χ3n) is 4.57. The summed E-state index contributed by atoms with van der Waals surface area (Å²) in [4.78, 5) is 12.5. The van der Waals surface area contributed by atoms with Crippen LogP contribution in [-0.4, -0.2) is 20.9 Å². The lowest BCUT2D eigenvalue weighted by atomic mass is 10.2. The molecule has 0 fully saturated rings. The summed E-state index contributed by atoms with van der Waals surface area (Å²) < 4.78 is 68.3. The van der Waals surface area contributed by atoms with Gasteiger partial charge >= 0.3 is 6.18 Å². The fourth-order valence-electron chi connectivity index (χ4n) is 2.90. The first-order valence-corrected chi connectivity index (χ1v) is 12.0. The second-order valence-corrected chi connectivity index (χ2v) is 10.2. The maximum Gasteiger partial charge on any atom is 0.417 e. The van der Waals surface area contributed by atoms with Gasteiger partial charge in [0, 0.05) is 10.2 Å². The number of hydrogen-bond donors (Lipinski definition) is 1. The Hall–Kier alpha value is -2.56. The van der Waals surface area contributed by atoms with E-state index >= 15 is 0 Å². The van der Waals surface area contributed by atoms with E-state index in [9.17, 15) is 26.4 Å². The summed E-state index contributed by atoms with van der Waals surface area (Å²) in [6.45, 7) is 1.000. The Morgan fingerprint density at radius 2 is 1.64 bits per heavy atom. The van der Waals surface area contributed by atoms with Crippen LogP contribution in [0.25, 0.3) is 0 Å². The highest BCUT2D eigenvalue weighted by Crippen LogP contribution is 2.38. The van der Waals surface area contributed by atoms with Crippen molar-refractivity contribution in [2.75, 3.05) is 16.2 Å². The molecule has 3 aromatic carbocycles. The molecule has 0 aliphatic rings. The molecule has 0 bridgehead atoms. The van der Waals surface area contributed by atoms with Crippen LogP contribution in [-0.2, 0) is 21.0 Å². The maximum absolute atomic E-state index is 13.4. The van der Waals surface area contributed by atoms with E-state index in [-0.39, 0.29) is 10.6 Å². The van der Waals surface area contributed by atoms with Gasteiger partial charge in [0.05, 0.1) is 21.2 Å². The highest BCUT2D eigenvalue weighted by atomic mass is 79.9. The average Bonchev–Trinajstić information content (AvgIpc) is 2.73. The van der Waals surface area contributed by atoms with Crippen molar-refractivity contribution in [2.45, 2.75) is 18.0 Å². The van der Waals surface area contributed by atoms with Gasteiger partial charge in [-0.05, 0) is 61.5 Å². The molecule has 0 saturated carbocycles. The van der Waals surface area contributed by atoms with E-state index in [0.29, 0.717) is 16.1 Å². The molecule has 0 radical (unpaired) electrons. The molecule has 5 nitrogen and oxygen atoms in total. The highest BCUT2D eigenvalue weighted by molar-refractivity contribution is 9.10. The number of aryl methyl sites for hydroxylation is 1. The predicted octanol–water partition coefficient (Wildman–Crippen LogP) is 6.26. The summed E-state index contributed by atoms with van der Waals surface area (Å²) in [5.74, 6) is -0.739. The van der Waals surface area contributed by atoms with Gasteiger partial charge in [-0.3, -0.25) is 9.10 Å². The van der Waals surface area contributed by atoms with Crippen molar-refractivity contribution >= 4 is 54.8 Å². The lowest BCUT2D eigenvalue weighted by molar-refractivity contribution is -0.137. The van der Waals surface area contributed by atoms with Gasteiger partial charge in [-0.25, -0.2) is 8.42 Å². The molecule has 11 heteroatoms. The molecule has 3 aromatic rings. The molecule has 3 rings (SSSR count). The lowest BCUT2D eigenvalue weighted by Crippen LogP contribution is -2.38. The number of sulfonamides is 1. The molecule has 174 valence electrons. The molecular weight excluding hydrogens is 545 g/mol. The van der Waals surface area contributed by atoms with Crippen molar-refractivity contribution in [3.05, 3.63) is 87.4 Å². The van der Waals surface area contributed by atoms with E-state index in [1.165, 1.54) is 12.1 Å². The number of amides is 1. The summed E-state index contributed by atoms with van der Waals surface area (Å²) in [5, 5.41) is 1.96. The minimum atomic E-state index is -4.81. The second-order valence-electron chi connectivity index (χ2n) is 7.04. The fourth-order valence-corrected chi connectivity index (χ4v) is 4.80. The number of alkyl halides is 3. The van der Waals surface area contributed by atoms with Gasteiger partial charge < -0.3 is 5.32 Å². The molecule has 1 N–H and O–H groups in total. The standard InChI is InChI=1S/C22H17BrClF3N2O3S/c1-14-2-9-18(10-3-14)33(31,32)29(13-21(30)28-16-6-4-15(23)5-7-16)17-8-11-20(24)19(12-17)22(25,26)27/h2-12H,13H2,1H3,(H,28,30). The van der Waals surface area contributed by atoms with Crippen molar-refractivity contribution < 1.29 is 26.4 Å². The van der Waals surface area contributed by atoms with Gasteiger partial charge in [0.15, 0.2) is 0 Å². The third kappa shape index (κ3) is 6.07. The Morgan fingerprint density at radius 3 is 2.21 bits per heavy atom. The number of anilines is 2. The van der Waals surface area contributed by atoms with Crippen molar-refractivity contribution in [1.29, 1.82) is 0 Å². The van der Waals surface area contributed by atoms with Gasteiger partial charge in [-0.15, -0.1) is 0 Å². The highest BCUT2D eigenvalue weighted by Gasteiger charge is 2.35. The summed E-state index contributed by atoms with van der Waals surface area (Å²) in [6, 6.07) is 15.0. The molecule has 0 aromatic heterocycles. The summed E-state index contributed by atoms with van der Waals surface area (Å²) in [6.07, 6.45) is -4.81. The Bertz CT molecular complexity index is 1270. The molecule has 0 heterocycles. The normalized spacial score (nSPS) is 11.8. The molecule has 33 heavy (non-hydrogen) atoms. The second kappa shape index (κ2) is 9.74. The number of rotatable bonds is 6. The van der Waals surface area contributed by atoms with Gasteiger partial charge in [-0.1, -0.05) is 45.2 Å². The Balaban J connectivity index is 2.04. The van der Waals surface area contributed by atoms with Crippen LogP contribution in [0.5, 0.6) is 0 Å². The van der Waals surface area contributed by atoms with Crippen molar-refractivity contribution in [2.24, 2.45) is 0 Å². The van der Waals surface area contributed by atoms with Crippen LogP contribution in [0.4, 0.5) is 24.5 Å². The van der Waals surface area contributed by atoms with Gasteiger partial charge in [0.2, 0.25) is 5.91 Å². The zero-order valence-electron chi connectivity index (χ0n) is 17.0. The van der Waals surface area contributed by atoms with Crippen LogP contribution >= 0.6 is 27.5 Å². The van der Waals surface area contributed by atoms with Crippen LogP contribution in [0, 0.1) is 6.92 Å². The largest absolute Gasteiger partial charge is 0.417 e. The minimum Gasteiger partial charge on any atom is -0.325 e. The third-order valence-corrected chi connectivity index (χ3v) is 7.21. The topological polar surface area (TPSA) is 66.5 Å². The van der Waals surface area contributed by atoms with E-state index in [0.717, 1.165) is 22.2 Å². The molecule has 0 atom stereocenters. The molecule has 0 unspecified atom stereocenters. The van der Waals surface area contributed by atoms with E-state index in [1.54, 1.807) is 43.3 Å². The summed E-state index contributed by atoms with van der Waals surface area (Å²) in [5.41, 5.74) is -0.375. The van der Waals surface area contributed by atoms with Crippen LogP contribution in [0.15, 0.2) is 76.1 Å². The maximum atomic E-state index is 13.4. The first kappa shape index (κ1) is 25.1. The zero-order valence-corrected chi connectivity index (χ0v) is 20.2. The molecule has 0 spiro atoms. The van der Waals surface area contributed by atoms with E-state index in [2.05, 4.69) is 21.2 Å². The van der Waals surface area contributed by atoms with Gasteiger partial charge in [0.1, 0.15) is 6.54 Å². The number of hydrogen-bond acceptors (Lipinski definition) is 3. The monoisotopic (exact) mass is 560 g/mol. The van der Waals surface area contributed by atoms with E-state index in [1.807, 2.05) is 0 Å². The van der Waals surface area contributed by atoms with E-state index in [4.69, 9.17) is 11.6 Å². The van der Waals surface area contributed by atoms with Crippen LogP contribution in [0.1, 0.15) is 11.1 Å². The number of benzene rings is 3. The quantitative estimate of drug-likeness (QED) is 0.386. The van der Waals surface area contributed by atoms with Crippen LogP contribution in [0.2, 0.25) is 5.02 Å². The first-order chi connectivity index (χ1) is 15.4. The fraction of sp³-hybridized carbons (Fsp3) is 0.136. The average molecular weight is 562 g/mol. The molecular formula is C22H17BrClF3N2O3S. The minimum absolute atomic E-state index is 0.173. The molecule has 0 aliphatic carbocycles. The molecule has 0 saturated heterocycles. The van der Waals surface area contributed by atoms with Crippen LogP contribution in [0.3, 0.4) is 0 Å². The zero-order chi connectivity index (χ0) is 24.4. The van der Waals surface area contributed by atoms with E-state index < -0.39 is 39.2 Å². The SMILES string of the molecule is Cc1ccc(S(=O)(=O)N(CC(=O)Nc2ccc(Br)cc2)c2ccc(Cl)c(C(F)(F)F)c2)cc1. The summed E-state index contributed by atoms with van der Waals surface area (Å²) >= 11 is 8.95. The van der Waals surface area contributed by atoms with Crippen molar-refractivity contribution in [3.8, 4) is 0 Å². The number of nitrogens with one attached hydrogen (secondary N) is 1. The molecule has 1 amide bonds. The predicted molar refractivity (Wildman–Crippen MR) is 125 cm³/mol. The number of nitrogens with zero attached hydrogens (tertiary/aromatic N) is 1. The molecule has 0 aliphatic heterocycles. The van der Waals surface area contributed by atoms with Crippen molar-refractivity contribution in [3.63, 3.8) is 0 Å². The number of carbonyl (C=O) groups excluding carboxylic acids is 1. The van der Waals surface area contributed by atoms with Crippen LogP contribution < -0.4 is 9.62 Å².